The van der Waals surface area contributed by atoms with Gasteiger partial charge < -0.3 is 9.64 Å². The van der Waals surface area contributed by atoms with Crippen LogP contribution in [0.3, 0.4) is 0 Å². The maximum absolute atomic E-state index is 11.6. The van der Waals surface area contributed by atoms with Crippen LogP contribution < -0.4 is 0 Å². The predicted molar refractivity (Wildman–Crippen MR) is 56.5 cm³/mol. The van der Waals surface area contributed by atoms with E-state index in [2.05, 4.69) is 0 Å². The zero-order valence-electron chi connectivity index (χ0n) is 8.59. The van der Waals surface area contributed by atoms with Crippen LogP contribution in [-0.4, -0.2) is 34.0 Å². The van der Waals surface area contributed by atoms with Gasteiger partial charge in [0, 0.05) is 5.54 Å². The normalized spacial score (nSPS) is 26.7. The number of ether oxygens (including phenoxy) is 1. The molecule has 0 aliphatic carbocycles. The predicted octanol–water partition coefficient (Wildman–Crippen LogP) is 2.16. The first-order valence-corrected chi connectivity index (χ1v) is 5.43. The molecular formula is C9H15Cl2NO2. The second kappa shape index (κ2) is 4.25. The number of carbonyl (C=O) groups excluding carboxylic acids is 1. The van der Waals surface area contributed by atoms with Gasteiger partial charge in [-0.1, -0.05) is 23.2 Å². The van der Waals surface area contributed by atoms with E-state index >= 15 is 0 Å². The van der Waals surface area contributed by atoms with Gasteiger partial charge in [-0.25, -0.2) is 0 Å². The van der Waals surface area contributed by atoms with Crippen LogP contribution in [0.5, 0.6) is 0 Å². The van der Waals surface area contributed by atoms with Crippen LogP contribution >= 0.6 is 23.2 Å². The fraction of sp³-hybridized carbons (Fsp3) is 0.889. The molecule has 0 bridgehead atoms. The molecule has 1 atom stereocenters. The van der Waals surface area contributed by atoms with Crippen molar-refractivity contribution in [1.29, 1.82) is 0 Å². The molecule has 14 heavy (non-hydrogen) atoms. The molecule has 0 saturated carbocycles. The number of rotatable bonds is 1. The summed E-state index contributed by atoms with van der Waals surface area (Å²) in [6.07, 6.45) is 0.956. The van der Waals surface area contributed by atoms with Crippen molar-refractivity contribution in [3.05, 3.63) is 0 Å². The first-order chi connectivity index (χ1) is 6.34. The Labute approximate surface area is 94.3 Å². The average Bonchev–Trinajstić information content (AvgIpc) is 2.01. The van der Waals surface area contributed by atoms with Gasteiger partial charge in [0.05, 0.1) is 6.10 Å². The SMILES string of the molecule is C[C@@H]1CC(C)(C)N(C(=O)C(Cl)Cl)CO1. The maximum atomic E-state index is 11.6. The van der Waals surface area contributed by atoms with Crippen molar-refractivity contribution < 1.29 is 9.53 Å². The molecule has 1 fully saturated rings. The highest BCUT2D eigenvalue weighted by Gasteiger charge is 2.38. The lowest BCUT2D eigenvalue weighted by atomic mass is 9.94. The monoisotopic (exact) mass is 239 g/mol. The van der Waals surface area contributed by atoms with E-state index in [-0.39, 0.29) is 24.3 Å². The number of amides is 1. The van der Waals surface area contributed by atoms with Crippen molar-refractivity contribution in [3.8, 4) is 0 Å². The van der Waals surface area contributed by atoms with Crippen molar-refractivity contribution in [3.63, 3.8) is 0 Å². The molecule has 0 aromatic carbocycles. The lowest BCUT2D eigenvalue weighted by Crippen LogP contribution is -2.56. The van der Waals surface area contributed by atoms with Crippen LogP contribution in [0.2, 0.25) is 0 Å². The number of hydrogen-bond donors (Lipinski definition) is 0. The summed E-state index contributed by atoms with van der Waals surface area (Å²) in [6.45, 7) is 6.23. The highest BCUT2D eigenvalue weighted by atomic mass is 35.5. The zero-order valence-corrected chi connectivity index (χ0v) is 10.1. The van der Waals surface area contributed by atoms with E-state index < -0.39 is 4.84 Å². The van der Waals surface area contributed by atoms with Crippen LogP contribution in [0.25, 0.3) is 0 Å². The fourth-order valence-electron chi connectivity index (χ4n) is 1.73. The molecule has 1 saturated heterocycles. The Hall–Kier alpha value is 0.01000. The minimum atomic E-state index is -1.01. The van der Waals surface area contributed by atoms with Crippen molar-refractivity contribution in [1.82, 2.24) is 4.90 Å². The number of alkyl halides is 2. The van der Waals surface area contributed by atoms with Crippen LogP contribution in [0.4, 0.5) is 0 Å². The van der Waals surface area contributed by atoms with Crippen LogP contribution in [0.1, 0.15) is 27.2 Å². The molecule has 1 heterocycles. The molecule has 1 amide bonds. The molecule has 1 aliphatic rings. The van der Waals surface area contributed by atoms with Gasteiger partial charge in [0.1, 0.15) is 6.73 Å². The van der Waals surface area contributed by atoms with Gasteiger partial charge in [0.15, 0.2) is 4.84 Å². The Morgan fingerprint density at radius 1 is 1.57 bits per heavy atom. The quantitative estimate of drug-likeness (QED) is 0.657. The summed E-state index contributed by atoms with van der Waals surface area (Å²) in [4.78, 5) is 12.2. The Morgan fingerprint density at radius 3 is 2.57 bits per heavy atom. The number of carbonyl (C=O) groups is 1. The van der Waals surface area contributed by atoms with Crippen molar-refractivity contribution in [2.45, 2.75) is 43.7 Å². The second-order valence-electron chi connectivity index (χ2n) is 4.19. The lowest BCUT2D eigenvalue weighted by Gasteiger charge is -2.44. The molecule has 0 unspecified atom stereocenters. The van der Waals surface area contributed by atoms with E-state index in [9.17, 15) is 4.79 Å². The molecule has 1 aliphatic heterocycles. The summed E-state index contributed by atoms with van der Waals surface area (Å²) in [6, 6.07) is 0. The molecule has 5 heteroatoms. The lowest BCUT2D eigenvalue weighted by molar-refractivity contribution is -0.160. The van der Waals surface area contributed by atoms with E-state index in [0.717, 1.165) is 6.42 Å². The summed E-state index contributed by atoms with van der Waals surface area (Å²) >= 11 is 11.1. The first-order valence-electron chi connectivity index (χ1n) is 4.56. The van der Waals surface area contributed by atoms with Gasteiger partial charge in [-0.05, 0) is 27.2 Å². The molecule has 0 spiro atoms. The van der Waals surface area contributed by atoms with E-state index in [1.54, 1.807) is 4.90 Å². The Balaban J connectivity index is 2.74. The highest BCUT2D eigenvalue weighted by Crippen LogP contribution is 2.28. The molecule has 0 aromatic heterocycles. The van der Waals surface area contributed by atoms with Gasteiger partial charge in [0.25, 0.3) is 5.91 Å². The zero-order chi connectivity index (χ0) is 10.9. The van der Waals surface area contributed by atoms with E-state index in [0.29, 0.717) is 0 Å². The standard InChI is InChI=1S/C9H15Cl2NO2/c1-6-4-9(2,3)12(5-14-6)8(13)7(10)11/h6-7H,4-5H2,1-3H3/t6-/m1/s1. The molecular weight excluding hydrogens is 225 g/mol. The van der Waals surface area contributed by atoms with Crippen LogP contribution in [-0.2, 0) is 9.53 Å². The molecule has 1 rings (SSSR count). The molecule has 0 radical (unpaired) electrons. The largest absolute Gasteiger partial charge is 0.358 e. The molecule has 3 nitrogen and oxygen atoms in total. The maximum Gasteiger partial charge on any atom is 0.258 e. The van der Waals surface area contributed by atoms with Gasteiger partial charge in [-0.2, -0.15) is 0 Å². The minimum absolute atomic E-state index is 0.165. The number of hydrogen-bond acceptors (Lipinski definition) is 2. The Bertz CT molecular complexity index is 231. The summed E-state index contributed by atoms with van der Waals surface area (Å²) < 4.78 is 5.39. The third kappa shape index (κ3) is 2.53. The van der Waals surface area contributed by atoms with E-state index in [1.807, 2.05) is 20.8 Å². The van der Waals surface area contributed by atoms with Crippen LogP contribution in [0.15, 0.2) is 0 Å². The molecule has 0 N–H and O–H groups in total. The topological polar surface area (TPSA) is 29.5 Å². The van der Waals surface area contributed by atoms with Gasteiger partial charge >= 0.3 is 0 Å². The summed E-state index contributed by atoms with van der Waals surface area (Å²) in [7, 11) is 0. The number of halogens is 2. The van der Waals surface area contributed by atoms with Gasteiger partial charge in [-0.15, -0.1) is 0 Å². The first kappa shape index (κ1) is 12.1. The third-order valence-electron chi connectivity index (χ3n) is 2.46. The van der Waals surface area contributed by atoms with E-state index in [4.69, 9.17) is 27.9 Å². The van der Waals surface area contributed by atoms with Crippen LogP contribution in [0, 0.1) is 0 Å². The molecule has 82 valence electrons. The summed E-state index contributed by atoms with van der Waals surface area (Å²) in [5.74, 6) is -0.287. The Morgan fingerprint density at radius 2 is 2.14 bits per heavy atom. The van der Waals surface area contributed by atoms with Gasteiger partial charge in [-0.3, -0.25) is 4.79 Å². The Kier molecular flexibility index (Phi) is 3.67. The number of nitrogens with zero attached hydrogens (tertiary/aromatic N) is 1. The van der Waals surface area contributed by atoms with E-state index in [1.165, 1.54) is 0 Å². The minimum Gasteiger partial charge on any atom is -0.358 e. The smallest absolute Gasteiger partial charge is 0.258 e. The van der Waals surface area contributed by atoms with Crippen molar-refractivity contribution in [2.24, 2.45) is 0 Å². The van der Waals surface area contributed by atoms with Crippen molar-refractivity contribution in [2.75, 3.05) is 6.73 Å². The fourth-order valence-corrected chi connectivity index (χ4v) is 1.96. The van der Waals surface area contributed by atoms with Crippen molar-refractivity contribution >= 4 is 29.1 Å². The summed E-state index contributed by atoms with van der Waals surface area (Å²) in [5, 5.41) is 0. The highest BCUT2D eigenvalue weighted by molar-refractivity contribution is 6.53. The summed E-state index contributed by atoms with van der Waals surface area (Å²) in [5.41, 5.74) is -0.239. The second-order valence-corrected chi connectivity index (χ2v) is 5.29. The third-order valence-corrected chi connectivity index (χ3v) is 2.83. The average molecular weight is 240 g/mol. The van der Waals surface area contributed by atoms with Gasteiger partial charge in [0.2, 0.25) is 0 Å². The molecule has 0 aromatic rings.